The van der Waals surface area contributed by atoms with Crippen LogP contribution < -0.4 is 0 Å². The zero-order chi connectivity index (χ0) is 20.4. The Hall–Kier alpha value is -1.31. The molecule has 1 aliphatic heterocycles. The number of carbonyl (C=O) groups excluding carboxylic acids is 2. The average molecular weight is 456 g/mol. The number of nitrogens with zero attached hydrogens (tertiary/aromatic N) is 1. The number of carbonyl (C=O) groups is 2. The van der Waals surface area contributed by atoms with Gasteiger partial charge in [-0.2, -0.15) is 0 Å². The van der Waals surface area contributed by atoms with Crippen molar-refractivity contribution in [1.82, 2.24) is 4.90 Å². The van der Waals surface area contributed by atoms with Gasteiger partial charge in [0.15, 0.2) is 8.32 Å². The molecule has 1 atom stereocenters. The zero-order valence-corrected chi connectivity index (χ0v) is 19.1. The lowest BCUT2D eigenvalue weighted by atomic mass is 10.0. The van der Waals surface area contributed by atoms with Crippen molar-refractivity contribution in [3.8, 4) is 0 Å². The van der Waals surface area contributed by atoms with Gasteiger partial charge in [-0.05, 0) is 58.2 Å². The van der Waals surface area contributed by atoms with Crippen LogP contribution in [0.15, 0.2) is 34.8 Å². The summed E-state index contributed by atoms with van der Waals surface area (Å²) < 4.78 is 20.0. The molecule has 2 rings (SSSR count). The summed E-state index contributed by atoms with van der Waals surface area (Å²) in [5, 5.41) is 0.0703. The molecule has 1 aliphatic rings. The third-order valence-corrected chi connectivity index (χ3v) is 10.6. The van der Waals surface area contributed by atoms with Gasteiger partial charge in [-0.1, -0.05) is 39.0 Å². The second kappa shape index (κ2) is 8.37. The first-order valence-electron chi connectivity index (χ1n) is 9.05. The number of hydrogen-bond acceptors (Lipinski definition) is 3. The van der Waals surface area contributed by atoms with Crippen LogP contribution in [0.4, 0.5) is 4.39 Å². The normalized spacial score (nSPS) is 17.1. The van der Waals surface area contributed by atoms with E-state index in [9.17, 15) is 14.0 Å². The van der Waals surface area contributed by atoms with E-state index in [-0.39, 0.29) is 29.1 Å². The number of hydrogen-bond donors (Lipinski definition) is 0. The van der Waals surface area contributed by atoms with Crippen molar-refractivity contribution in [2.24, 2.45) is 0 Å². The van der Waals surface area contributed by atoms with Crippen molar-refractivity contribution < 1.29 is 18.4 Å². The van der Waals surface area contributed by atoms with Gasteiger partial charge in [0.1, 0.15) is 5.82 Å². The molecule has 0 saturated carbocycles. The van der Waals surface area contributed by atoms with E-state index in [1.165, 1.54) is 17.0 Å². The van der Waals surface area contributed by atoms with Crippen molar-refractivity contribution in [1.29, 1.82) is 0 Å². The Balaban J connectivity index is 2.26. The molecule has 2 amide bonds. The summed E-state index contributed by atoms with van der Waals surface area (Å²) in [6, 6.07) is 5.46. The maximum Gasteiger partial charge on any atom is 0.267 e. The first-order valence-corrected chi connectivity index (χ1v) is 12.8. The number of rotatable bonds is 6. The summed E-state index contributed by atoms with van der Waals surface area (Å²) in [4.78, 5) is 26.4. The van der Waals surface area contributed by atoms with Crippen LogP contribution in [0, 0.1) is 5.82 Å². The van der Waals surface area contributed by atoms with Gasteiger partial charge in [0.25, 0.3) is 5.91 Å². The minimum absolute atomic E-state index is 0.0703. The van der Waals surface area contributed by atoms with Crippen molar-refractivity contribution in [3.05, 3.63) is 46.2 Å². The quantitative estimate of drug-likeness (QED) is 0.430. The van der Waals surface area contributed by atoms with Crippen molar-refractivity contribution in [2.45, 2.75) is 57.8 Å². The number of halogens is 2. The van der Waals surface area contributed by atoms with Gasteiger partial charge in [0.05, 0.1) is 10.5 Å². The number of benzene rings is 1. The van der Waals surface area contributed by atoms with Gasteiger partial charge in [-0.3, -0.25) is 14.5 Å². The maximum absolute atomic E-state index is 13.4. The van der Waals surface area contributed by atoms with E-state index in [0.29, 0.717) is 17.5 Å². The standard InChI is InChI=1S/C20H27BrFNO3Si/c1-20(2,3)27(4,5)26-13-12-17(14-6-8-15(22)9-7-14)23-18(24)11-10-16(21)19(23)25/h6-10,17H,11-13H2,1-5H3. The molecule has 1 heterocycles. The first kappa shape index (κ1) is 22.0. The predicted molar refractivity (Wildman–Crippen MR) is 110 cm³/mol. The minimum atomic E-state index is -1.95. The fourth-order valence-corrected chi connectivity index (χ4v) is 4.09. The van der Waals surface area contributed by atoms with Crippen molar-refractivity contribution >= 4 is 36.1 Å². The van der Waals surface area contributed by atoms with Crippen LogP contribution >= 0.6 is 15.9 Å². The van der Waals surface area contributed by atoms with Crippen LogP contribution in [0.25, 0.3) is 0 Å². The van der Waals surface area contributed by atoms with Gasteiger partial charge >= 0.3 is 0 Å². The number of imide groups is 1. The fourth-order valence-electron chi connectivity index (χ4n) is 2.68. The predicted octanol–water partition coefficient (Wildman–Crippen LogP) is 5.32. The summed E-state index contributed by atoms with van der Waals surface area (Å²) in [5.41, 5.74) is 0.721. The molecule has 7 heteroatoms. The molecule has 0 aliphatic carbocycles. The smallest absolute Gasteiger partial charge is 0.267 e. The van der Waals surface area contributed by atoms with Gasteiger partial charge in [0.2, 0.25) is 5.91 Å². The molecule has 27 heavy (non-hydrogen) atoms. The topological polar surface area (TPSA) is 46.6 Å². The molecule has 0 radical (unpaired) electrons. The van der Waals surface area contributed by atoms with Crippen LogP contribution in [0.3, 0.4) is 0 Å². The third-order valence-electron chi connectivity index (χ3n) is 5.37. The van der Waals surface area contributed by atoms with E-state index < -0.39 is 14.4 Å². The zero-order valence-electron chi connectivity index (χ0n) is 16.5. The number of amides is 2. The summed E-state index contributed by atoms with van der Waals surface area (Å²) >= 11 is 3.23. The third kappa shape index (κ3) is 5.15. The molecule has 1 aromatic carbocycles. The Labute approximate surface area is 170 Å². The monoisotopic (exact) mass is 455 g/mol. The van der Waals surface area contributed by atoms with E-state index >= 15 is 0 Å². The molecule has 0 spiro atoms. The van der Waals surface area contributed by atoms with Gasteiger partial charge in [0, 0.05) is 13.0 Å². The van der Waals surface area contributed by atoms with Crippen LogP contribution in [-0.4, -0.2) is 31.6 Å². The maximum atomic E-state index is 13.4. The SMILES string of the molecule is CC(C)(C)[Si](C)(C)OCCC(c1ccc(F)cc1)N1C(=O)CC=C(Br)C1=O. The second-order valence-corrected chi connectivity index (χ2v) is 14.0. The first-order chi connectivity index (χ1) is 12.4. The molecule has 0 saturated heterocycles. The minimum Gasteiger partial charge on any atom is -0.417 e. The van der Waals surface area contributed by atoms with E-state index in [0.717, 1.165) is 5.56 Å². The summed E-state index contributed by atoms with van der Waals surface area (Å²) in [6.45, 7) is 11.2. The largest absolute Gasteiger partial charge is 0.417 e. The Morgan fingerprint density at radius 2 is 1.81 bits per heavy atom. The molecule has 4 nitrogen and oxygen atoms in total. The molecule has 0 aromatic heterocycles. The lowest BCUT2D eigenvalue weighted by Gasteiger charge is -2.37. The molecule has 1 unspecified atom stereocenters. The van der Waals surface area contributed by atoms with Gasteiger partial charge in [-0.25, -0.2) is 4.39 Å². The molecular formula is C20H27BrFNO3Si. The van der Waals surface area contributed by atoms with Crippen LogP contribution in [0.5, 0.6) is 0 Å². The molecular weight excluding hydrogens is 429 g/mol. The highest BCUT2D eigenvalue weighted by atomic mass is 79.9. The summed E-state index contributed by atoms with van der Waals surface area (Å²) in [6.07, 6.45) is 2.21. The Morgan fingerprint density at radius 1 is 1.22 bits per heavy atom. The summed E-state index contributed by atoms with van der Waals surface area (Å²) in [5.74, 6) is -0.981. The highest BCUT2D eigenvalue weighted by molar-refractivity contribution is 9.12. The highest BCUT2D eigenvalue weighted by Gasteiger charge is 2.38. The second-order valence-electron chi connectivity index (χ2n) is 8.29. The van der Waals surface area contributed by atoms with E-state index in [1.54, 1.807) is 18.2 Å². The fraction of sp³-hybridized carbons (Fsp3) is 0.500. The van der Waals surface area contributed by atoms with E-state index in [2.05, 4.69) is 49.8 Å². The van der Waals surface area contributed by atoms with Crippen LogP contribution in [0.2, 0.25) is 18.1 Å². The molecule has 0 N–H and O–H groups in total. The van der Waals surface area contributed by atoms with Gasteiger partial charge < -0.3 is 4.43 Å². The molecule has 148 valence electrons. The average Bonchev–Trinajstić information content (AvgIpc) is 2.57. The summed E-state index contributed by atoms with van der Waals surface area (Å²) in [7, 11) is -1.95. The lowest BCUT2D eigenvalue weighted by Crippen LogP contribution is -2.44. The Kier molecular flexibility index (Phi) is 6.81. The van der Waals surface area contributed by atoms with Gasteiger partial charge in [-0.15, -0.1) is 0 Å². The molecule has 0 bridgehead atoms. The molecule has 0 fully saturated rings. The van der Waals surface area contributed by atoms with Crippen molar-refractivity contribution in [2.75, 3.05) is 6.61 Å². The van der Waals surface area contributed by atoms with E-state index in [1.807, 2.05) is 0 Å². The van der Waals surface area contributed by atoms with E-state index in [4.69, 9.17) is 4.43 Å². The highest BCUT2D eigenvalue weighted by Crippen LogP contribution is 2.37. The van der Waals surface area contributed by atoms with Crippen LogP contribution in [0.1, 0.15) is 45.2 Å². The Bertz CT molecular complexity index is 741. The van der Waals surface area contributed by atoms with Crippen LogP contribution in [-0.2, 0) is 14.0 Å². The molecule has 1 aromatic rings. The van der Waals surface area contributed by atoms with Crippen molar-refractivity contribution in [3.63, 3.8) is 0 Å². The lowest BCUT2D eigenvalue weighted by molar-refractivity contribution is -0.145. The Morgan fingerprint density at radius 3 is 2.37 bits per heavy atom.